The molecule has 2 aromatic carbocycles. The van der Waals surface area contributed by atoms with E-state index in [1.165, 1.54) is 23.3 Å². The van der Waals surface area contributed by atoms with Gasteiger partial charge in [-0.25, -0.2) is 4.39 Å². The van der Waals surface area contributed by atoms with Crippen LogP contribution in [0.15, 0.2) is 48.5 Å². The zero-order chi connectivity index (χ0) is 16.2. The van der Waals surface area contributed by atoms with E-state index in [0.717, 1.165) is 31.9 Å². The topological polar surface area (TPSA) is 32.5 Å². The molecule has 1 aliphatic rings. The Balaban J connectivity index is 1.60. The van der Waals surface area contributed by atoms with Gasteiger partial charge in [0, 0.05) is 44.5 Å². The maximum atomic E-state index is 13.0. The van der Waals surface area contributed by atoms with Crippen molar-refractivity contribution in [2.45, 2.75) is 19.5 Å². The summed E-state index contributed by atoms with van der Waals surface area (Å²) in [5, 5.41) is 0. The fraction of sp³-hybridized carbons (Fsp3) is 0.368. The van der Waals surface area contributed by atoms with Gasteiger partial charge in [0.25, 0.3) is 0 Å². The van der Waals surface area contributed by atoms with Crippen LogP contribution in [0.1, 0.15) is 24.1 Å². The van der Waals surface area contributed by atoms with Crippen molar-refractivity contribution in [2.75, 3.05) is 31.1 Å². The minimum Gasteiger partial charge on any atom is -0.369 e. The molecule has 0 spiro atoms. The molecule has 0 saturated carbocycles. The van der Waals surface area contributed by atoms with Crippen molar-refractivity contribution in [3.63, 3.8) is 0 Å². The lowest BCUT2D eigenvalue weighted by molar-refractivity contribution is 0.198. The van der Waals surface area contributed by atoms with E-state index in [9.17, 15) is 4.39 Å². The third kappa shape index (κ3) is 3.71. The van der Waals surface area contributed by atoms with Crippen LogP contribution in [0.5, 0.6) is 0 Å². The SMILES string of the molecule is CC(c1ccc(CN)cc1)N1CCN(c2ccc(F)cc2)CC1. The number of piperazine rings is 1. The van der Waals surface area contributed by atoms with E-state index in [1.807, 2.05) is 12.1 Å². The number of rotatable bonds is 4. The number of nitrogens with two attached hydrogens (primary N) is 1. The fourth-order valence-electron chi connectivity index (χ4n) is 3.16. The van der Waals surface area contributed by atoms with Crippen LogP contribution in [0.3, 0.4) is 0 Å². The Kier molecular flexibility index (Phi) is 4.94. The molecule has 122 valence electrons. The Bertz CT molecular complexity index is 616. The molecule has 0 aromatic heterocycles. The lowest BCUT2D eigenvalue weighted by Crippen LogP contribution is -2.47. The summed E-state index contributed by atoms with van der Waals surface area (Å²) in [6.07, 6.45) is 0. The number of anilines is 1. The van der Waals surface area contributed by atoms with Crippen molar-refractivity contribution >= 4 is 5.69 Å². The second-order valence-electron chi connectivity index (χ2n) is 6.12. The third-order valence-corrected chi connectivity index (χ3v) is 4.75. The molecular weight excluding hydrogens is 289 g/mol. The number of halogens is 1. The summed E-state index contributed by atoms with van der Waals surface area (Å²) in [4.78, 5) is 4.82. The highest BCUT2D eigenvalue weighted by Crippen LogP contribution is 2.24. The molecule has 2 aromatic rings. The van der Waals surface area contributed by atoms with E-state index >= 15 is 0 Å². The summed E-state index contributed by atoms with van der Waals surface area (Å²) in [7, 11) is 0. The van der Waals surface area contributed by atoms with Crippen LogP contribution in [-0.2, 0) is 6.54 Å². The van der Waals surface area contributed by atoms with E-state index in [1.54, 1.807) is 0 Å². The highest BCUT2D eigenvalue weighted by atomic mass is 19.1. The number of hydrogen-bond donors (Lipinski definition) is 1. The molecule has 1 atom stereocenters. The van der Waals surface area contributed by atoms with Crippen molar-refractivity contribution in [3.8, 4) is 0 Å². The van der Waals surface area contributed by atoms with Gasteiger partial charge >= 0.3 is 0 Å². The molecule has 4 heteroatoms. The molecule has 1 saturated heterocycles. The molecule has 1 aliphatic heterocycles. The smallest absolute Gasteiger partial charge is 0.123 e. The summed E-state index contributed by atoms with van der Waals surface area (Å²) in [6, 6.07) is 15.8. The molecule has 2 N–H and O–H groups in total. The standard InChI is InChI=1S/C19H24FN3/c1-15(17-4-2-16(14-21)3-5-17)22-10-12-23(13-11-22)19-8-6-18(20)7-9-19/h2-9,15H,10-14,21H2,1H3. The Morgan fingerprint density at radius 3 is 2.13 bits per heavy atom. The molecular formula is C19H24FN3. The summed E-state index contributed by atoms with van der Waals surface area (Å²) in [5.41, 5.74) is 9.26. The lowest BCUT2D eigenvalue weighted by atomic mass is 10.0. The predicted molar refractivity (Wildman–Crippen MR) is 92.9 cm³/mol. The average Bonchev–Trinajstić information content (AvgIpc) is 2.62. The van der Waals surface area contributed by atoms with Gasteiger partial charge in [-0.2, -0.15) is 0 Å². The third-order valence-electron chi connectivity index (χ3n) is 4.75. The minimum absolute atomic E-state index is 0.179. The maximum Gasteiger partial charge on any atom is 0.123 e. The zero-order valence-electron chi connectivity index (χ0n) is 13.6. The van der Waals surface area contributed by atoms with Crippen LogP contribution >= 0.6 is 0 Å². The normalized spacial score (nSPS) is 17.3. The largest absolute Gasteiger partial charge is 0.369 e. The van der Waals surface area contributed by atoms with E-state index < -0.39 is 0 Å². The zero-order valence-corrected chi connectivity index (χ0v) is 13.6. The lowest BCUT2D eigenvalue weighted by Gasteiger charge is -2.39. The van der Waals surface area contributed by atoms with Gasteiger partial charge < -0.3 is 10.6 Å². The van der Waals surface area contributed by atoms with Crippen LogP contribution in [0.2, 0.25) is 0 Å². The first-order valence-corrected chi connectivity index (χ1v) is 8.21. The summed E-state index contributed by atoms with van der Waals surface area (Å²) >= 11 is 0. The van der Waals surface area contributed by atoms with Gasteiger partial charge in [0.05, 0.1) is 0 Å². The van der Waals surface area contributed by atoms with Gasteiger partial charge in [0.1, 0.15) is 5.82 Å². The number of hydrogen-bond acceptors (Lipinski definition) is 3. The number of nitrogens with zero attached hydrogens (tertiary/aromatic N) is 2. The van der Waals surface area contributed by atoms with E-state index in [-0.39, 0.29) is 5.82 Å². The number of benzene rings is 2. The highest BCUT2D eigenvalue weighted by Gasteiger charge is 2.22. The molecule has 1 heterocycles. The monoisotopic (exact) mass is 313 g/mol. The molecule has 1 unspecified atom stereocenters. The quantitative estimate of drug-likeness (QED) is 0.941. The molecule has 0 radical (unpaired) electrons. The van der Waals surface area contributed by atoms with E-state index in [4.69, 9.17) is 5.73 Å². The van der Waals surface area contributed by atoms with Crippen LogP contribution in [0, 0.1) is 5.82 Å². The van der Waals surface area contributed by atoms with Crippen molar-refractivity contribution in [2.24, 2.45) is 5.73 Å². The van der Waals surface area contributed by atoms with Crippen molar-refractivity contribution in [1.82, 2.24) is 4.90 Å². The Hall–Kier alpha value is -1.91. The maximum absolute atomic E-state index is 13.0. The summed E-state index contributed by atoms with van der Waals surface area (Å²) in [5.74, 6) is -0.179. The molecule has 3 nitrogen and oxygen atoms in total. The minimum atomic E-state index is -0.179. The van der Waals surface area contributed by atoms with Crippen LogP contribution in [0.25, 0.3) is 0 Å². The second-order valence-corrected chi connectivity index (χ2v) is 6.12. The van der Waals surface area contributed by atoms with E-state index in [2.05, 4.69) is 41.0 Å². The molecule has 23 heavy (non-hydrogen) atoms. The summed E-state index contributed by atoms with van der Waals surface area (Å²) in [6.45, 7) is 6.80. The van der Waals surface area contributed by atoms with Gasteiger partial charge in [0.2, 0.25) is 0 Å². The van der Waals surface area contributed by atoms with Gasteiger partial charge in [-0.05, 0) is 42.3 Å². The second kappa shape index (κ2) is 7.11. The van der Waals surface area contributed by atoms with Gasteiger partial charge in [-0.1, -0.05) is 24.3 Å². The van der Waals surface area contributed by atoms with Crippen molar-refractivity contribution in [3.05, 3.63) is 65.5 Å². The molecule has 3 rings (SSSR count). The molecule has 0 bridgehead atoms. The van der Waals surface area contributed by atoms with Gasteiger partial charge in [0.15, 0.2) is 0 Å². The first-order valence-electron chi connectivity index (χ1n) is 8.21. The predicted octanol–water partition coefficient (Wildman–Crippen LogP) is 3.17. The Labute approximate surface area is 137 Å². The van der Waals surface area contributed by atoms with Crippen LogP contribution < -0.4 is 10.6 Å². The van der Waals surface area contributed by atoms with Gasteiger partial charge in [-0.3, -0.25) is 4.90 Å². The van der Waals surface area contributed by atoms with Crippen molar-refractivity contribution in [1.29, 1.82) is 0 Å². The van der Waals surface area contributed by atoms with E-state index in [0.29, 0.717) is 12.6 Å². The molecule has 0 aliphatic carbocycles. The van der Waals surface area contributed by atoms with Crippen LogP contribution in [0.4, 0.5) is 10.1 Å². The Morgan fingerprint density at radius 2 is 1.57 bits per heavy atom. The fourth-order valence-corrected chi connectivity index (χ4v) is 3.16. The Morgan fingerprint density at radius 1 is 0.957 bits per heavy atom. The first kappa shape index (κ1) is 16.0. The van der Waals surface area contributed by atoms with Crippen molar-refractivity contribution < 1.29 is 4.39 Å². The highest BCUT2D eigenvalue weighted by molar-refractivity contribution is 5.46. The molecule has 1 fully saturated rings. The van der Waals surface area contributed by atoms with Crippen LogP contribution in [-0.4, -0.2) is 31.1 Å². The molecule has 0 amide bonds. The summed E-state index contributed by atoms with van der Waals surface area (Å²) < 4.78 is 13.0. The average molecular weight is 313 g/mol. The first-order chi connectivity index (χ1) is 11.2. The van der Waals surface area contributed by atoms with Gasteiger partial charge in [-0.15, -0.1) is 0 Å².